The van der Waals surface area contributed by atoms with Crippen LogP contribution in [0.4, 0.5) is 13.2 Å². The Bertz CT molecular complexity index is 601. The van der Waals surface area contributed by atoms with Gasteiger partial charge in [-0.3, -0.25) is 9.69 Å². The fraction of sp³-hybridized carbons (Fsp3) is 0.769. The smallest absolute Gasteiger partial charge is 0.480 e. The highest BCUT2D eigenvalue weighted by atomic mass is 32.2. The van der Waals surface area contributed by atoms with Crippen molar-refractivity contribution in [2.45, 2.75) is 50.2 Å². The molecule has 2 aliphatic rings. The molecule has 0 bridgehead atoms. The molecular weight excluding hydrogens is 339 g/mol. The predicted octanol–water partition coefficient (Wildman–Crippen LogP) is 2.08. The van der Waals surface area contributed by atoms with Gasteiger partial charge in [0, 0.05) is 12.5 Å². The van der Waals surface area contributed by atoms with E-state index in [2.05, 4.69) is 4.18 Å². The summed E-state index contributed by atoms with van der Waals surface area (Å²) >= 11 is 0. The zero-order valence-corrected chi connectivity index (χ0v) is 13.2. The number of hydrogen-bond acceptors (Lipinski definition) is 5. The Morgan fingerprint density at radius 3 is 2.61 bits per heavy atom. The molecule has 3 atom stereocenters. The van der Waals surface area contributed by atoms with E-state index in [9.17, 15) is 31.5 Å². The highest BCUT2D eigenvalue weighted by Crippen LogP contribution is 2.35. The molecule has 0 aromatic heterocycles. The molecule has 10 heteroatoms. The van der Waals surface area contributed by atoms with Crippen molar-refractivity contribution in [1.29, 1.82) is 0 Å². The van der Waals surface area contributed by atoms with E-state index >= 15 is 0 Å². The first-order valence-electron chi connectivity index (χ1n) is 7.21. The second kappa shape index (κ2) is 6.31. The van der Waals surface area contributed by atoms with Gasteiger partial charge in [0.2, 0.25) is 0 Å². The number of carbonyl (C=O) groups is 1. The van der Waals surface area contributed by atoms with Crippen LogP contribution in [0.3, 0.4) is 0 Å². The summed E-state index contributed by atoms with van der Waals surface area (Å²) in [5.74, 6) is -1.36. The minimum atomic E-state index is -5.66. The number of halogens is 3. The summed E-state index contributed by atoms with van der Waals surface area (Å²) in [5.41, 5.74) is -5.46. The van der Waals surface area contributed by atoms with Gasteiger partial charge >= 0.3 is 21.6 Å². The Labute approximate surface area is 132 Å². The van der Waals surface area contributed by atoms with Crippen molar-refractivity contribution in [2.75, 3.05) is 6.54 Å². The fourth-order valence-corrected chi connectivity index (χ4v) is 3.70. The van der Waals surface area contributed by atoms with E-state index in [0.717, 1.165) is 6.42 Å². The molecule has 2 unspecified atom stereocenters. The number of likely N-dealkylation sites (tertiary alicyclic amines) is 1. The van der Waals surface area contributed by atoms with Gasteiger partial charge < -0.3 is 9.29 Å². The summed E-state index contributed by atoms with van der Waals surface area (Å²) in [7, 11) is -5.66. The third-order valence-electron chi connectivity index (χ3n) is 4.27. The van der Waals surface area contributed by atoms with Crippen LogP contribution in [0.5, 0.6) is 0 Å². The Morgan fingerprint density at radius 1 is 1.43 bits per heavy atom. The molecule has 1 heterocycles. The average molecular weight is 357 g/mol. The zero-order chi connectivity index (χ0) is 17.4. The van der Waals surface area contributed by atoms with Crippen LogP contribution in [0.2, 0.25) is 0 Å². The molecular formula is C13H18F3NO5S. The fourth-order valence-electron chi connectivity index (χ4n) is 3.19. The van der Waals surface area contributed by atoms with Crippen LogP contribution in [0, 0.1) is 5.92 Å². The molecule has 0 saturated carbocycles. The summed E-state index contributed by atoms with van der Waals surface area (Å²) < 4.78 is 63.2. The second-order valence-corrected chi connectivity index (χ2v) is 7.41. The van der Waals surface area contributed by atoms with E-state index < -0.39 is 27.6 Å². The van der Waals surface area contributed by atoms with Gasteiger partial charge in [0.15, 0.2) is 0 Å². The lowest BCUT2D eigenvalue weighted by Crippen LogP contribution is -2.47. The van der Waals surface area contributed by atoms with Crippen LogP contribution in [-0.2, 0) is 19.1 Å². The van der Waals surface area contributed by atoms with Gasteiger partial charge in [0.05, 0.1) is 0 Å². The third kappa shape index (κ3) is 3.79. The minimum Gasteiger partial charge on any atom is -0.480 e. The lowest BCUT2D eigenvalue weighted by atomic mass is 9.88. The maximum Gasteiger partial charge on any atom is 0.534 e. The molecule has 2 rings (SSSR count). The maximum absolute atomic E-state index is 12.3. The van der Waals surface area contributed by atoms with Crippen molar-refractivity contribution in [3.8, 4) is 0 Å². The van der Waals surface area contributed by atoms with Crippen LogP contribution < -0.4 is 0 Å². The van der Waals surface area contributed by atoms with E-state index in [-0.39, 0.29) is 30.6 Å². The van der Waals surface area contributed by atoms with E-state index in [1.54, 1.807) is 6.92 Å². The molecule has 1 aliphatic heterocycles. The summed E-state index contributed by atoms with van der Waals surface area (Å²) in [5, 5.41) is 9.21. The molecule has 0 spiro atoms. The molecule has 0 radical (unpaired) electrons. The maximum atomic E-state index is 12.3. The number of rotatable bonds is 4. The van der Waals surface area contributed by atoms with Crippen molar-refractivity contribution in [3.63, 3.8) is 0 Å². The quantitative estimate of drug-likeness (QED) is 0.613. The molecule has 0 aromatic carbocycles. The lowest BCUT2D eigenvalue weighted by molar-refractivity contribution is -0.143. The highest BCUT2D eigenvalue weighted by Gasteiger charge is 2.49. The molecule has 1 aliphatic carbocycles. The molecule has 132 valence electrons. The molecule has 1 fully saturated rings. The zero-order valence-electron chi connectivity index (χ0n) is 12.4. The molecule has 0 aromatic rings. The van der Waals surface area contributed by atoms with Gasteiger partial charge in [-0.1, -0.05) is 6.92 Å². The number of alkyl halides is 3. The van der Waals surface area contributed by atoms with Crippen LogP contribution in [0.25, 0.3) is 0 Å². The van der Waals surface area contributed by atoms with E-state index in [4.69, 9.17) is 0 Å². The number of allylic oxidation sites excluding steroid dienone is 1. The second-order valence-electron chi connectivity index (χ2n) is 5.87. The molecule has 6 nitrogen and oxygen atoms in total. The average Bonchev–Trinajstić information content (AvgIpc) is 2.86. The van der Waals surface area contributed by atoms with E-state index in [1.807, 2.05) is 4.90 Å². The van der Waals surface area contributed by atoms with Gasteiger partial charge in [-0.15, -0.1) is 0 Å². The SMILES string of the molecule is CC1CC(OS(=O)(=O)C(F)(F)F)=CCC1N1CCC[C@H]1C(=O)O. The largest absolute Gasteiger partial charge is 0.534 e. The topological polar surface area (TPSA) is 83.9 Å². The predicted molar refractivity (Wildman–Crippen MR) is 73.7 cm³/mol. The molecule has 0 amide bonds. The Kier molecular flexibility index (Phi) is 4.95. The number of carboxylic acid groups (broad SMARTS) is 1. The van der Waals surface area contributed by atoms with Crippen LogP contribution >= 0.6 is 0 Å². The van der Waals surface area contributed by atoms with Crippen molar-refractivity contribution < 1.29 is 35.7 Å². The standard InChI is InChI=1S/C13H18F3NO5S/c1-8-7-9(22-23(20,21)13(14,15)16)4-5-10(8)17-6-2-3-11(17)12(18)19/h4,8,10-11H,2-3,5-7H2,1H3,(H,18,19)/t8?,10?,11-/m0/s1. The van der Waals surface area contributed by atoms with Gasteiger partial charge in [-0.05, 0) is 37.8 Å². The summed E-state index contributed by atoms with van der Waals surface area (Å²) in [6, 6.07) is -0.753. The number of carboxylic acids is 1. The Balaban J connectivity index is 2.09. The lowest BCUT2D eigenvalue weighted by Gasteiger charge is -2.37. The summed E-state index contributed by atoms with van der Waals surface area (Å²) in [4.78, 5) is 13.1. The van der Waals surface area contributed by atoms with Crippen molar-refractivity contribution >= 4 is 16.1 Å². The van der Waals surface area contributed by atoms with Gasteiger partial charge in [-0.2, -0.15) is 21.6 Å². The normalized spacial score (nSPS) is 30.1. The van der Waals surface area contributed by atoms with Crippen LogP contribution in [0.15, 0.2) is 11.8 Å². The summed E-state index contributed by atoms with van der Waals surface area (Å²) in [6.45, 7) is 2.36. The number of aliphatic carboxylic acids is 1. The molecule has 1 saturated heterocycles. The van der Waals surface area contributed by atoms with E-state index in [1.165, 1.54) is 6.08 Å². The number of hydrogen-bond donors (Lipinski definition) is 1. The first-order valence-corrected chi connectivity index (χ1v) is 8.62. The third-order valence-corrected chi connectivity index (χ3v) is 5.27. The Hall–Kier alpha value is -1.29. The molecule has 23 heavy (non-hydrogen) atoms. The van der Waals surface area contributed by atoms with Crippen LogP contribution in [0.1, 0.15) is 32.6 Å². The first kappa shape index (κ1) is 18.1. The monoisotopic (exact) mass is 357 g/mol. The van der Waals surface area contributed by atoms with E-state index in [0.29, 0.717) is 13.0 Å². The molecule has 1 N–H and O–H groups in total. The first-order chi connectivity index (χ1) is 10.5. The van der Waals surface area contributed by atoms with Crippen LogP contribution in [-0.4, -0.2) is 48.5 Å². The Morgan fingerprint density at radius 2 is 2.09 bits per heavy atom. The van der Waals surface area contributed by atoms with Gasteiger partial charge in [-0.25, -0.2) is 0 Å². The highest BCUT2D eigenvalue weighted by molar-refractivity contribution is 7.87. The van der Waals surface area contributed by atoms with Gasteiger partial charge in [0.1, 0.15) is 11.8 Å². The van der Waals surface area contributed by atoms with Crippen molar-refractivity contribution in [2.24, 2.45) is 5.92 Å². The van der Waals surface area contributed by atoms with Gasteiger partial charge in [0.25, 0.3) is 0 Å². The number of nitrogens with zero attached hydrogens (tertiary/aromatic N) is 1. The van der Waals surface area contributed by atoms with Crippen molar-refractivity contribution in [1.82, 2.24) is 4.90 Å². The summed E-state index contributed by atoms with van der Waals surface area (Å²) in [6.07, 6.45) is 2.87. The van der Waals surface area contributed by atoms with Crippen molar-refractivity contribution in [3.05, 3.63) is 11.8 Å². The minimum absolute atomic E-state index is 0.0167.